The summed E-state index contributed by atoms with van der Waals surface area (Å²) in [7, 11) is -4.00. The average molecular weight is 470 g/mol. The minimum absolute atomic E-state index is 0.0564. The maximum absolute atomic E-state index is 12.9. The number of aryl methyl sites for hydroxylation is 1. The molecule has 2 N–H and O–H groups in total. The van der Waals surface area contributed by atoms with Crippen molar-refractivity contribution in [1.29, 1.82) is 0 Å². The Kier molecular flexibility index (Phi) is 5.73. The third kappa shape index (κ3) is 4.76. The molecule has 33 heavy (non-hydrogen) atoms. The Bertz CT molecular complexity index is 1440. The van der Waals surface area contributed by atoms with Crippen molar-refractivity contribution in [2.75, 3.05) is 0 Å². The first-order valence-electron chi connectivity index (χ1n) is 9.64. The van der Waals surface area contributed by atoms with Crippen LogP contribution in [0.3, 0.4) is 0 Å². The van der Waals surface area contributed by atoms with Crippen LogP contribution in [-0.2, 0) is 16.2 Å². The van der Waals surface area contributed by atoms with E-state index >= 15 is 0 Å². The van der Waals surface area contributed by atoms with Crippen molar-refractivity contribution < 1.29 is 21.6 Å². The fourth-order valence-corrected chi connectivity index (χ4v) is 4.21. The van der Waals surface area contributed by atoms with Crippen LogP contribution >= 0.6 is 0 Å². The van der Waals surface area contributed by atoms with E-state index in [1.165, 1.54) is 12.1 Å². The van der Waals surface area contributed by atoms with E-state index in [2.05, 4.69) is 15.0 Å². The number of sulfonamides is 1. The molecule has 3 heterocycles. The van der Waals surface area contributed by atoms with Gasteiger partial charge in [0, 0.05) is 34.8 Å². The summed E-state index contributed by atoms with van der Waals surface area (Å²) in [6.07, 6.45) is -1.84. The maximum atomic E-state index is 12.9. The summed E-state index contributed by atoms with van der Waals surface area (Å²) in [6.45, 7) is 1.74. The Morgan fingerprint density at radius 3 is 2.27 bits per heavy atom. The molecule has 0 spiro atoms. The van der Waals surface area contributed by atoms with Gasteiger partial charge in [-0.15, -0.1) is 0 Å². The lowest BCUT2D eigenvalue weighted by atomic mass is 9.99. The van der Waals surface area contributed by atoms with Gasteiger partial charge < -0.3 is 0 Å². The second kappa shape index (κ2) is 8.38. The lowest BCUT2D eigenvalue weighted by Gasteiger charge is -2.13. The highest BCUT2D eigenvalue weighted by atomic mass is 32.2. The molecule has 0 fully saturated rings. The van der Waals surface area contributed by atoms with Gasteiger partial charge in [0.15, 0.2) is 0 Å². The van der Waals surface area contributed by atoms with Gasteiger partial charge in [-0.2, -0.15) is 13.2 Å². The van der Waals surface area contributed by atoms with Crippen molar-refractivity contribution in [3.63, 3.8) is 0 Å². The number of benzene rings is 1. The third-order valence-electron chi connectivity index (χ3n) is 4.87. The van der Waals surface area contributed by atoms with Gasteiger partial charge in [0.2, 0.25) is 10.0 Å². The molecule has 1 aromatic carbocycles. The molecule has 0 radical (unpaired) electrons. The van der Waals surface area contributed by atoms with E-state index in [1.54, 1.807) is 55.6 Å². The van der Waals surface area contributed by atoms with Crippen LogP contribution in [0.1, 0.15) is 11.4 Å². The molecule has 3 aromatic heterocycles. The van der Waals surface area contributed by atoms with Gasteiger partial charge in [0.1, 0.15) is 5.69 Å². The number of rotatable bonds is 4. The first-order chi connectivity index (χ1) is 15.5. The third-order valence-corrected chi connectivity index (χ3v) is 5.84. The van der Waals surface area contributed by atoms with Gasteiger partial charge in [-0.05, 0) is 42.8 Å². The minimum Gasteiger partial charge on any atom is -0.254 e. The van der Waals surface area contributed by atoms with Gasteiger partial charge in [-0.1, -0.05) is 30.3 Å². The first-order valence-corrected chi connectivity index (χ1v) is 11.2. The molecule has 6 nitrogen and oxygen atoms in total. The number of nitrogens with zero attached hydrogens (tertiary/aromatic N) is 3. The number of primary sulfonamides is 1. The Hall–Kier alpha value is -3.63. The van der Waals surface area contributed by atoms with Crippen LogP contribution < -0.4 is 5.14 Å². The Balaban J connectivity index is 1.86. The van der Waals surface area contributed by atoms with Crippen LogP contribution in [0, 0.1) is 6.92 Å². The number of hydrogen-bond donors (Lipinski definition) is 1. The van der Waals surface area contributed by atoms with E-state index in [1.807, 2.05) is 0 Å². The Labute approximate surface area is 188 Å². The molecule has 0 saturated carbocycles. The van der Waals surface area contributed by atoms with Crippen LogP contribution in [0.4, 0.5) is 13.2 Å². The molecule has 4 aromatic rings. The quantitative estimate of drug-likeness (QED) is 0.460. The van der Waals surface area contributed by atoms with E-state index in [0.29, 0.717) is 39.3 Å². The number of halogens is 3. The highest BCUT2D eigenvalue weighted by Crippen LogP contribution is 2.35. The second-order valence-corrected chi connectivity index (χ2v) is 8.78. The lowest BCUT2D eigenvalue weighted by molar-refractivity contribution is -0.141. The largest absolute Gasteiger partial charge is 0.433 e. The predicted octanol–water partition coefficient (Wildman–Crippen LogP) is 4.85. The van der Waals surface area contributed by atoms with Crippen molar-refractivity contribution in [3.8, 4) is 33.6 Å². The van der Waals surface area contributed by atoms with Crippen LogP contribution in [0.5, 0.6) is 0 Å². The van der Waals surface area contributed by atoms with E-state index < -0.39 is 21.9 Å². The molecule has 0 aliphatic carbocycles. The van der Waals surface area contributed by atoms with Crippen molar-refractivity contribution in [2.45, 2.75) is 18.0 Å². The molecular weight excluding hydrogens is 453 g/mol. The molecule has 4 rings (SSSR count). The second-order valence-electron chi connectivity index (χ2n) is 7.25. The van der Waals surface area contributed by atoms with Crippen LogP contribution in [0.2, 0.25) is 0 Å². The molecule has 0 atom stereocenters. The summed E-state index contributed by atoms with van der Waals surface area (Å²) >= 11 is 0. The average Bonchev–Trinajstić information content (AvgIpc) is 2.77. The molecule has 0 bridgehead atoms. The minimum atomic E-state index is -4.53. The molecule has 0 unspecified atom stereocenters. The molecule has 168 valence electrons. The van der Waals surface area contributed by atoms with Crippen molar-refractivity contribution in [2.24, 2.45) is 5.14 Å². The van der Waals surface area contributed by atoms with Gasteiger partial charge in [0.05, 0.1) is 16.3 Å². The van der Waals surface area contributed by atoms with Crippen molar-refractivity contribution >= 4 is 10.0 Å². The van der Waals surface area contributed by atoms with E-state index in [9.17, 15) is 21.6 Å². The standard InChI is InChI=1S/C23H17F3N4O2S/c1-14-11-16(15-8-9-21(29-13-15)23(24,25)26)12-19(30-14)22-18(6-4-10-28-22)17-5-2-3-7-20(17)33(27,31)32/h2-13H,1H3,(H2,27,31,32). The normalized spacial score (nSPS) is 12.0. The van der Waals surface area contributed by atoms with Gasteiger partial charge >= 0.3 is 6.18 Å². The summed E-state index contributed by atoms with van der Waals surface area (Å²) < 4.78 is 62.8. The van der Waals surface area contributed by atoms with E-state index in [0.717, 1.165) is 12.3 Å². The molecule has 0 amide bonds. The van der Waals surface area contributed by atoms with Crippen molar-refractivity contribution in [1.82, 2.24) is 15.0 Å². The fraction of sp³-hybridized carbons (Fsp3) is 0.0870. The first kappa shape index (κ1) is 22.6. The highest BCUT2D eigenvalue weighted by Gasteiger charge is 2.32. The number of pyridine rings is 3. The Morgan fingerprint density at radius 2 is 1.61 bits per heavy atom. The number of alkyl halides is 3. The number of aromatic nitrogens is 3. The zero-order valence-electron chi connectivity index (χ0n) is 17.2. The summed E-state index contributed by atoms with van der Waals surface area (Å²) in [5.41, 5.74) is 2.36. The van der Waals surface area contributed by atoms with Crippen LogP contribution in [0.25, 0.3) is 33.6 Å². The van der Waals surface area contributed by atoms with Crippen LogP contribution in [0.15, 0.2) is 78.0 Å². The van der Waals surface area contributed by atoms with Crippen molar-refractivity contribution in [3.05, 3.63) is 84.4 Å². The summed E-state index contributed by atoms with van der Waals surface area (Å²) in [6, 6.07) is 15.3. The molecule has 0 aliphatic rings. The fourth-order valence-electron chi connectivity index (χ4n) is 3.45. The van der Waals surface area contributed by atoms with E-state index in [4.69, 9.17) is 5.14 Å². The summed E-state index contributed by atoms with van der Waals surface area (Å²) in [5.74, 6) is 0. The molecule has 10 heteroatoms. The topological polar surface area (TPSA) is 98.8 Å². The lowest BCUT2D eigenvalue weighted by Crippen LogP contribution is -2.13. The highest BCUT2D eigenvalue weighted by molar-refractivity contribution is 7.89. The van der Waals surface area contributed by atoms with E-state index in [-0.39, 0.29) is 4.90 Å². The smallest absolute Gasteiger partial charge is 0.254 e. The van der Waals surface area contributed by atoms with Crippen LogP contribution in [-0.4, -0.2) is 23.4 Å². The molecule has 0 saturated heterocycles. The van der Waals surface area contributed by atoms with Gasteiger partial charge in [0.25, 0.3) is 0 Å². The number of hydrogen-bond acceptors (Lipinski definition) is 5. The molecule has 0 aliphatic heterocycles. The summed E-state index contributed by atoms with van der Waals surface area (Å²) in [5, 5.41) is 5.40. The zero-order valence-corrected chi connectivity index (χ0v) is 18.0. The summed E-state index contributed by atoms with van der Waals surface area (Å²) in [4.78, 5) is 12.4. The maximum Gasteiger partial charge on any atom is 0.433 e. The molecular formula is C23H17F3N4O2S. The van der Waals surface area contributed by atoms with Gasteiger partial charge in [-0.3, -0.25) is 15.0 Å². The monoisotopic (exact) mass is 470 g/mol. The number of nitrogens with two attached hydrogens (primary N) is 1. The predicted molar refractivity (Wildman–Crippen MR) is 117 cm³/mol. The zero-order chi connectivity index (χ0) is 23.8. The SMILES string of the molecule is Cc1cc(-c2ccc(C(F)(F)F)nc2)cc(-c2ncccc2-c2ccccc2S(N)(=O)=O)n1. The van der Waals surface area contributed by atoms with Gasteiger partial charge in [-0.25, -0.2) is 13.6 Å². The Morgan fingerprint density at radius 1 is 0.879 bits per heavy atom.